The number of anilines is 1. The maximum Gasteiger partial charge on any atom is 0.305 e. The number of carbonyl (C=O) groups is 1. The van der Waals surface area contributed by atoms with Crippen LogP contribution >= 0.6 is 0 Å². The van der Waals surface area contributed by atoms with E-state index in [1.54, 1.807) is 13.0 Å². The molecule has 1 aromatic rings. The molecule has 1 atom stereocenters. The van der Waals surface area contributed by atoms with Gasteiger partial charge in [-0.25, -0.2) is 9.97 Å². The molecule has 0 spiro atoms. The first kappa shape index (κ1) is 13.2. The molecule has 0 amide bonds. The van der Waals surface area contributed by atoms with Crippen LogP contribution in [0.2, 0.25) is 0 Å². The Kier molecular flexibility index (Phi) is 4.68. The first-order valence-electron chi connectivity index (χ1n) is 5.44. The van der Waals surface area contributed by atoms with Gasteiger partial charge in [-0.2, -0.15) is 0 Å². The van der Waals surface area contributed by atoms with E-state index in [9.17, 15) is 4.79 Å². The zero-order valence-electron chi connectivity index (χ0n) is 10.2. The smallest absolute Gasteiger partial charge is 0.305 e. The first-order valence-corrected chi connectivity index (χ1v) is 5.44. The number of nitrogens with zero attached hydrogens (tertiary/aromatic N) is 2. The summed E-state index contributed by atoms with van der Waals surface area (Å²) in [4.78, 5) is 18.5. The number of aliphatic carboxylic acids is 1. The molecule has 94 valence electrons. The van der Waals surface area contributed by atoms with Crippen LogP contribution in [0.25, 0.3) is 0 Å². The van der Waals surface area contributed by atoms with Crippen molar-refractivity contribution < 1.29 is 14.6 Å². The summed E-state index contributed by atoms with van der Waals surface area (Å²) in [6.45, 7) is 5.59. The van der Waals surface area contributed by atoms with E-state index < -0.39 is 5.97 Å². The highest BCUT2D eigenvalue weighted by Gasteiger charge is 2.09. The van der Waals surface area contributed by atoms with Crippen molar-refractivity contribution in [3.63, 3.8) is 0 Å². The third kappa shape index (κ3) is 5.14. The van der Waals surface area contributed by atoms with Crippen LogP contribution in [0.3, 0.4) is 0 Å². The normalized spacial score (nSPS) is 12.2. The van der Waals surface area contributed by atoms with Gasteiger partial charge in [-0.1, -0.05) is 0 Å². The van der Waals surface area contributed by atoms with Crippen molar-refractivity contribution >= 4 is 11.8 Å². The summed E-state index contributed by atoms with van der Waals surface area (Å²) in [5, 5.41) is 11.6. The molecule has 0 bridgehead atoms. The van der Waals surface area contributed by atoms with E-state index in [0.717, 1.165) is 0 Å². The Morgan fingerprint density at radius 3 is 2.76 bits per heavy atom. The lowest BCUT2D eigenvalue weighted by Gasteiger charge is -2.13. The molecule has 6 heteroatoms. The molecular weight excluding hydrogens is 222 g/mol. The Bertz CT molecular complexity index is 382. The molecule has 0 aliphatic heterocycles. The van der Waals surface area contributed by atoms with Gasteiger partial charge in [0.15, 0.2) is 0 Å². The van der Waals surface area contributed by atoms with E-state index in [2.05, 4.69) is 15.3 Å². The van der Waals surface area contributed by atoms with Crippen molar-refractivity contribution in [1.29, 1.82) is 0 Å². The summed E-state index contributed by atoms with van der Waals surface area (Å²) in [5.74, 6) is 0.183. The van der Waals surface area contributed by atoms with E-state index in [0.29, 0.717) is 11.7 Å². The monoisotopic (exact) mass is 239 g/mol. The Balaban J connectivity index is 2.62. The topological polar surface area (TPSA) is 84.3 Å². The zero-order valence-corrected chi connectivity index (χ0v) is 10.2. The van der Waals surface area contributed by atoms with Crippen LogP contribution in [0.15, 0.2) is 12.4 Å². The fourth-order valence-electron chi connectivity index (χ4n) is 1.29. The minimum atomic E-state index is -0.849. The minimum absolute atomic E-state index is 0.0321. The average molecular weight is 239 g/mol. The Labute approximate surface area is 100 Å². The molecule has 0 saturated carbocycles. The highest BCUT2D eigenvalue weighted by atomic mass is 16.5. The van der Waals surface area contributed by atoms with Crippen LogP contribution < -0.4 is 10.1 Å². The van der Waals surface area contributed by atoms with E-state index in [1.807, 2.05) is 13.8 Å². The Hall–Kier alpha value is -1.85. The second kappa shape index (κ2) is 6.03. The summed E-state index contributed by atoms with van der Waals surface area (Å²) in [7, 11) is 0. The largest absolute Gasteiger partial charge is 0.481 e. The predicted molar refractivity (Wildman–Crippen MR) is 63.1 cm³/mol. The molecule has 1 heterocycles. The van der Waals surface area contributed by atoms with Gasteiger partial charge in [-0.05, 0) is 20.8 Å². The maximum absolute atomic E-state index is 10.5. The van der Waals surface area contributed by atoms with Crippen molar-refractivity contribution in [2.24, 2.45) is 0 Å². The molecule has 2 N–H and O–H groups in total. The quantitative estimate of drug-likeness (QED) is 0.783. The summed E-state index contributed by atoms with van der Waals surface area (Å²) in [5.41, 5.74) is 0. The SMILES string of the molecule is CC(CC(=O)O)Nc1cc(OC(C)C)ncn1. The number of ether oxygens (including phenoxy) is 1. The molecule has 0 aliphatic carbocycles. The molecule has 1 unspecified atom stereocenters. The molecule has 6 nitrogen and oxygen atoms in total. The zero-order chi connectivity index (χ0) is 12.8. The molecule has 1 aromatic heterocycles. The summed E-state index contributed by atoms with van der Waals surface area (Å²) < 4.78 is 5.41. The van der Waals surface area contributed by atoms with Gasteiger partial charge in [0.1, 0.15) is 12.1 Å². The molecule has 0 saturated heterocycles. The average Bonchev–Trinajstić information content (AvgIpc) is 2.14. The second-order valence-corrected chi connectivity index (χ2v) is 4.05. The van der Waals surface area contributed by atoms with Crippen molar-refractivity contribution in [3.05, 3.63) is 12.4 Å². The number of aromatic nitrogens is 2. The number of hydrogen-bond acceptors (Lipinski definition) is 5. The Morgan fingerprint density at radius 2 is 2.18 bits per heavy atom. The van der Waals surface area contributed by atoms with Crippen LogP contribution in [0, 0.1) is 0 Å². The van der Waals surface area contributed by atoms with E-state index >= 15 is 0 Å². The van der Waals surface area contributed by atoms with E-state index in [1.165, 1.54) is 6.33 Å². The molecule has 17 heavy (non-hydrogen) atoms. The number of hydrogen-bond donors (Lipinski definition) is 2. The fraction of sp³-hybridized carbons (Fsp3) is 0.545. The second-order valence-electron chi connectivity index (χ2n) is 4.05. The third-order valence-corrected chi connectivity index (χ3v) is 1.87. The van der Waals surface area contributed by atoms with Crippen LogP contribution in [0.5, 0.6) is 5.88 Å². The van der Waals surface area contributed by atoms with Gasteiger partial charge < -0.3 is 15.2 Å². The van der Waals surface area contributed by atoms with Gasteiger partial charge >= 0.3 is 5.97 Å². The van der Waals surface area contributed by atoms with Crippen molar-refractivity contribution in [3.8, 4) is 5.88 Å². The lowest BCUT2D eigenvalue weighted by Crippen LogP contribution is -2.20. The van der Waals surface area contributed by atoms with Crippen molar-refractivity contribution in [2.45, 2.75) is 39.3 Å². The molecule has 0 radical (unpaired) electrons. The highest BCUT2D eigenvalue weighted by Crippen LogP contribution is 2.13. The fourth-order valence-corrected chi connectivity index (χ4v) is 1.29. The van der Waals surface area contributed by atoms with Crippen LogP contribution in [-0.2, 0) is 4.79 Å². The highest BCUT2D eigenvalue weighted by molar-refractivity contribution is 5.68. The minimum Gasteiger partial charge on any atom is -0.481 e. The van der Waals surface area contributed by atoms with Crippen LogP contribution in [-0.4, -0.2) is 33.2 Å². The number of carboxylic acid groups (broad SMARTS) is 1. The lowest BCUT2D eigenvalue weighted by atomic mass is 10.2. The van der Waals surface area contributed by atoms with Gasteiger partial charge in [0, 0.05) is 12.1 Å². The van der Waals surface area contributed by atoms with E-state index in [4.69, 9.17) is 9.84 Å². The third-order valence-electron chi connectivity index (χ3n) is 1.87. The van der Waals surface area contributed by atoms with Crippen LogP contribution in [0.1, 0.15) is 27.2 Å². The van der Waals surface area contributed by atoms with Gasteiger partial charge in [0.2, 0.25) is 5.88 Å². The number of nitrogens with one attached hydrogen (secondary N) is 1. The number of rotatable bonds is 6. The maximum atomic E-state index is 10.5. The summed E-state index contributed by atoms with van der Waals surface area (Å²) in [6.07, 6.45) is 1.45. The molecule has 0 fully saturated rings. The van der Waals surface area contributed by atoms with Crippen LogP contribution in [0.4, 0.5) is 5.82 Å². The number of carboxylic acids is 1. The molecular formula is C11H17N3O3. The van der Waals surface area contributed by atoms with Gasteiger partial charge in [0.05, 0.1) is 12.5 Å². The van der Waals surface area contributed by atoms with Crippen molar-refractivity contribution in [2.75, 3.05) is 5.32 Å². The first-order chi connectivity index (χ1) is 7.97. The Morgan fingerprint density at radius 1 is 1.47 bits per heavy atom. The molecule has 1 rings (SSSR count). The van der Waals surface area contributed by atoms with Gasteiger partial charge in [-0.3, -0.25) is 4.79 Å². The lowest BCUT2D eigenvalue weighted by molar-refractivity contribution is -0.137. The summed E-state index contributed by atoms with van der Waals surface area (Å²) >= 11 is 0. The summed E-state index contributed by atoms with van der Waals surface area (Å²) in [6, 6.07) is 1.45. The van der Waals surface area contributed by atoms with E-state index in [-0.39, 0.29) is 18.6 Å². The standard InChI is InChI=1S/C11H17N3O3/c1-7(2)17-10-5-9(12-6-13-10)14-8(3)4-11(15)16/h5-8H,4H2,1-3H3,(H,15,16)(H,12,13,14). The molecule has 0 aliphatic rings. The van der Waals surface area contributed by atoms with Crippen molar-refractivity contribution in [1.82, 2.24) is 9.97 Å². The predicted octanol–water partition coefficient (Wildman–Crippen LogP) is 1.54. The van der Waals surface area contributed by atoms with Gasteiger partial charge in [-0.15, -0.1) is 0 Å². The molecule has 0 aromatic carbocycles. The van der Waals surface area contributed by atoms with Gasteiger partial charge in [0.25, 0.3) is 0 Å².